The Balaban J connectivity index is 1.97. The largest absolute Gasteiger partial charge is 0.312 e. The molecule has 21 heavy (non-hydrogen) atoms. The van der Waals surface area contributed by atoms with Gasteiger partial charge in [0.15, 0.2) is 9.84 Å². The van der Waals surface area contributed by atoms with Crippen molar-refractivity contribution >= 4 is 15.5 Å². The van der Waals surface area contributed by atoms with Crippen LogP contribution in [0.1, 0.15) is 12.0 Å². The van der Waals surface area contributed by atoms with Crippen LogP contribution in [-0.4, -0.2) is 31.4 Å². The third-order valence-corrected chi connectivity index (χ3v) is 5.22. The zero-order valence-corrected chi connectivity index (χ0v) is 11.8. The van der Waals surface area contributed by atoms with Gasteiger partial charge in [-0.15, -0.1) is 0 Å². The van der Waals surface area contributed by atoms with Crippen molar-refractivity contribution in [1.29, 1.82) is 0 Å². The van der Waals surface area contributed by atoms with Crippen LogP contribution in [0.25, 0.3) is 0 Å². The van der Waals surface area contributed by atoms with E-state index in [0.717, 1.165) is 6.07 Å². The van der Waals surface area contributed by atoms with Gasteiger partial charge < -0.3 is 5.32 Å². The van der Waals surface area contributed by atoms with Gasteiger partial charge in [0.25, 0.3) is 0 Å². The molecule has 1 saturated heterocycles. The number of rotatable bonds is 5. The molecule has 1 unspecified atom stereocenters. The van der Waals surface area contributed by atoms with Crippen molar-refractivity contribution in [1.82, 2.24) is 5.32 Å². The smallest absolute Gasteiger partial charge is 0.305 e. The lowest BCUT2D eigenvalue weighted by atomic mass is 10.1. The number of nitrogens with one attached hydrogen (secondary N) is 1. The number of nitro benzene ring substituents is 1. The summed E-state index contributed by atoms with van der Waals surface area (Å²) in [4.78, 5) is 9.68. The highest BCUT2D eigenvalue weighted by molar-refractivity contribution is 7.91. The van der Waals surface area contributed by atoms with Crippen molar-refractivity contribution in [3.8, 4) is 0 Å². The van der Waals surface area contributed by atoms with Crippen LogP contribution >= 0.6 is 0 Å². The molecule has 1 N–H and O–H groups in total. The minimum absolute atomic E-state index is 0.0241. The monoisotopic (exact) mass is 320 g/mol. The van der Waals surface area contributed by atoms with Gasteiger partial charge in [0.2, 0.25) is 5.82 Å². The van der Waals surface area contributed by atoms with E-state index in [0.29, 0.717) is 19.0 Å². The summed E-state index contributed by atoms with van der Waals surface area (Å²) in [5.74, 6) is -1.90. The molecule has 0 aliphatic carbocycles. The molecule has 0 saturated carbocycles. The normalized spacial score (nSPS) is 20.6. The Labute approximate surface area is 120 Å². The number of halogens is 2. The summed E-state index contributed by atoms with van der Waals surface area (Å²) in [6, 6.07) is 1.33. The zero-order valence-electron chi connectivity index (χ0n) is 11.0. The molecule has 116 valence electrons. The Morgan fingerprint density at radius 3 is 2.62 bits per heavy atom. The van der Waals surface area contributed by atoms with Gasteiger partial charge in [-0.1, -0.05) is 0 Å². The number of nitro groups is 1. The Hall–Kier alpha value is -1.61. The first kappa shape index (κ1) is 15.8. The highest BCUT2D eigenvalue weighted by Crippen LogP contribution is 2.22. The molecule has 0 bridgehead atoms. The summed E-state index contributed by atoms with van der Waals surface area (Å²) in [6.45, 7) is 0.341. The second-order valence-corrected chi connectivity index (χ2v) is 7.28. The minimum Gasteiger partial charge on any atom is -0.312 e. The van der Waals surface area contributed by atoms with E-state index < -0.39 is 32.1 Å². The highest BCUT2D eigenvalue weighted by Gasteiger charge is 2.27. The van der Waals surface area contributed by atoms with Crippen molar-refractivity contribution in [2.45, 2.75) is 13.0 Å². The van der Waals surface area contributed by atoms with Crippen molar-refractivity contribution in [2.75, 3.05) is 18.1 Å². The number of sulfone groups is 1. The molecule has 0 spiro atoms. The van der Waals surface area contributed by atoms with Crippen LogP contribution in [0.15, 0.2) is 12.1 Å². The fourth-order valence-electron chi connectivity index (χ4n) is 2.30. The predicted molar refractivity (Wildman–Crippen MR) is 71.5 cm³/mol. The third-order valence-electron chi connectivity index (χ3n) is 3.39. The molecule has 1 aromatic carbocycles. The molecule has 6 nitrogen and oxygen atoms in total. The van der Waals surface area contributed by atoms with Crippen LogP contribution in [0.3, 0.4) is 0 Å². The van der Waals surface area contributed by atoms with Crippen LogP contribution in [0.4, 0.5) is 14.5 Å². The maximum absolute atomic E-state index is 13.5. The van der Waals surface area contributed by atoms with Crippen molar-refractivity contribution < 1.29 is 22.1 Å². The van der Waals surface area contributed by atoms with E-state index in [1.165, 1.54) is 0 Å². The first-order valence-electron chi connectivity index (χ1n) is 6.32. The van der Waals surface area contributed by atoms with Gasteiger partial charge in [-0.2, -0.15) is 4.39 Å². The first-order valence-corrected chi connectivity index (χ1v) is 8.14. The summed E-state index contributed by atoms with van der Waals surface area (Å²) >= 11 is 0. The van der Waals surface area contributed by atoms with Crippen molar-refractivity contribution in [3.63, 3.8) is 0 Å². The van der Waals surface area contributed by atoms with Crippen LogP contribution in [0.5, 0.6) is 0 Å². The molecule has 9 heteroatoms. The summed E-state index contributed by atoms with van der Waals surface area (Å²) in [7, 11) is -2.98. The van der Waals surface area contributed by atoms with Gasteiger partial charge in [0.1, 0.15) is 5.82 Å². The molecule has 1 aliphatic heterocycles. The van der Waals surface area contributed by atoms with Gasteiger partial charge in [0.05, 0.1) is 16.4 Å². The average Bonchev–Trinajstić information content (AvgIpc) is 2.71. The van der Waals surface area contributed by atoms with Gasteiger partial charge in [-0.3, -0.25) is 10.1 Å². The molecule has 1 heterocycles. The van der Waals surface area contributed by atoms with E-state index in [2.05, 4.69) is 5.32 Å². The van der Waals surface area contributed by atoms with E-state index in [4.69, 9.17) is 0 Å². The molecule has 2 rings (SSSR count). The number of hydrogen-bond acceptors (Lipinski definition) is 5. The Morgan fingerprint density at radius 1 is 1.33 bits per heavy atom. The predicted octanol–water partition coefficient (Wildman–Crippen LogP) is 1.40. The molecular formula is C12H14F2N2O4S. The lowest BCUT2D eigenvalue weighted by molar-refractivity contribution is -0.387. The van der Waals surface area contributed by atoms with Crippen LogP contribution in [0.2, 0.25) is 0 Å². The molecule has 1 fully saturated rings. The van der Waals surface area contributed by atoms with Crippen molar-refractivity contribution in [2.24, 2.45) is 5.92 Å². The lowest BCUT2D eigenvalue weighted by Gasteiger charge is -2.10. The topological polar surface area (TPSA) is 89.3 Å². The van der Waals surface area contributed by atoms with Crippen molar-refractivity contribution in [3.05, 3.63) is 39.4 Å². The highest BCUT2D eigenvalue weighted by atomic mass is 32.2. The standard InChI is InChI=1S/C12H14F2N2O4S/c13-10-4-11(14)12(16(17)18)3-9(10)6-15-5-8-1-2-21(19,20)7-8/h3-4,8,15H,1-2,5-7H2. The van der Waals surface area contributed by atoms with Gasteiger partial charge in [-0.25, -0.2) is 12.8 Å². The summed E-state index contributed by atoms with van der Waals surface area (Å²) < 4.78 is 49.2. The maximum Gasteiger partial charge on any atom is 0.305 e. The van der Waals surface area contributed by atoms with E-state index in [9.17, 15) is 27.3 Å². The number of benzene rings is 1. The number of nitrogens with zero attached hydrogens (tertiary/aromatic N) is 1. The first-order chi connectivity index (χ1) is 9.78. The van der Waals surface area contributed by atoms with Gasteiger partial charge in [-0.05, 0) is 18.9 Å². The second kappa shape index (κ2) is 6.02. The molecule has 1 atom stereocenters. The molecular weight excluding hydrogens is 306 g/mol. The quantitative estimate of drug-likeness (QED) is 0.654. The van der Waals surface area contributed by atoms with Gasteiger partial charge >= 0.3 is 5.69 Å². The molecule has 0 aromatic heterocycles. The molecule has 0 radical (unpaired) electrons. The maximum atomic E-state index is 13.5. The van der Waals surface area contributed by atoms with Crippen LogP contribution < -0.4 is 5.32 Å². The third kappa shape index (κ3) is 3.94. The SMILES string of the molecule is O=[N+]([O-])c1cc(CNCC2CCS(=O)(=O)C2)c(F)cc1F. The second-order valence-electron chi connectivity index (χ2n) is 5.05. The van der Waals surface area contributed by atoms with E-state index >= 15 is 0 Å². The van der Waals surface area contributed by atoms with Crippen LogP contribution in [0, 0.1) is 27.7 Å². The lowest BCUT2D eigenvalue weighted by Crippen LogP contribution is -2.23. The Morgan fingerprint density at radius 2 is 2.05 bits per heavy atom. The zero-order chi connectivity index (χ0) is 15.6. The van der Waals surface area contributed by atoms with Gasteiger partial charge in [0, 0.05) is 24.2 Å². The minimum atomic E-state index is -2.98. The molecule has 1 aliphatic rings. The van der Waals surface area contributed by atoms with E-state index in [-0.39, 0.29) is 29.5 Å². The summed E-state index contributed by atoms with van der Waals surface area (Å²) in [6.07, 6.45) is 0.543. The average molecular weight is 320 g/mol. The Kier molecular flexibility index (Phi) is 4.52. The molecule has 1 aromatic rings. The fraction of sp³-hybridized carbons (Fsp3) is 0.500. The van der Waals surface area contributed by atoms with E-state index in [1.807, 2.05) is 0 Å². The van der Waals surface area contributed by atoms with Crippen LogP contribution in [-0.2, 0) is 16.4 Å². The summed E-state index contributed by atoms with van der Waals surface area (Å²) in [5, 5.41) is 13.5. The molecule has 0 amide bonds. The summed E-state index contributed by atoms with van der Waals surface area (Å²) in [5.41, 5.74) is -0.805. The fourth-order valence-corrected chi connectivity index (χ4v) is 4.16. The van der Waals surface area contributed by atoms with E-state index in [1.54, 1.807) is 0 Å². The Bertz CT molecular complexity index is 663. The number of hydrogen-bond donors (Lipinski definition) is 1.